The van der Waals surface area contributed by atoms with E-state index in [1.54, 1.807) is 23.3 Å². The van der Waals surface area contributed by atoms with Crippen LogP contribution in [0.25, 0.3) is 5.82 Å². The van der Waals surface area contributed by atoms with Crippen LogP contribution in [0.1, 0.15) is 6.92 Å². The molecule has 0 atom stereocenters. The summed E-state index contributed by atoms with van der Waals surface area (Å²) >= 11 is 0. The number of anilines is 1. The first-order chi connectivity index (χ1) is 6.90. The minimum absolute atomic E-state index is 0.716. The molecule has 0 aromatic carbocycles. The smallest absolute Gasteiger partial charge is 0.173 e. The Balaban J connectivity index is 2.31. The molecule has 1 N–H and O–H groups in total. The second-order valence-electron chi connectivity index (χ2n) is 2.74. The fourth-order valence-electron chi connectivity index (χ4n) is 1.14. The number of rotatable bonds is 3. The van der Waals surface area contributed by atoms with Crippen molar-refractivity contribution in [2.24, 2.45) is 0 Å². The van der Waals surface area contributed by atoms with Crippen LogP contribution >= 0.6 is 0 Å². The Kier molecular flexibility index (Phi) is 2.40. The summed E-state index contributed by atoms with van der Waals surface area (Å²) in [6, 6.07) is 1.85. The average Bonchev–Trinajstić information content (AvgIpc) is 2.71. The first-order valence-electron chi connectivity index (χ1n) is 4.46. The first-order valence-corrected chi connectivity index (χ1v) is 4.46. The fraction of sp³-hybridized carbons (Fsp3) is 0.222. The maximum atomic E-state index is 4.33. The average molecular weight is 189 g/mol. The van der Waals surface area contributed by atoms with Gasteiger partial charge in [-0.05, 0) is 13.0 Å². The van der Waals surface area contributed by atoms with Gasteiger partial charge in [0.1, 0.15) is 5.82 Å². The Morgan fingerprint density at radius 2 is 2.36 bits per heavy atom. The van der Waals surface area contributed by atoms with E-state index >= 15 is 0 Å². The van der Waals surface area contributed by atoms with Crippen molar-refractivity contribution in [3.63, 3.8) is 0 Å². The summed E-state index contributed by atoms with van der Waals surface area (Å²) in [5, 5.41) is 7.17. The van der Waals surface area contributed by atoms with E-state index in [1.807, 2.05) is 19.2 Å². The zero-order valence-corrected chi connectivity index (χ0v) is 7.88. The van der Waals surface area contributed by atoms with Gasteiger partial charge in [0.2, 0.25) is 0 Å². The summed E-state index contributed by atoms with van der Waals surface area (Å²) in [7, 11) is 0. The molecule has 0 aliphatic rings. The van der Waals surface area contributed by atoms with E-state index in [9.17, 15) is 0 Å². The SMILES string of the molecule is CCNc1cncc(-n2cccn2)n1. The molecule has 0 radical (unpaired) electrons. The zero-order chi connectivity index (χ0) is 9.80. The second kappa shape index (κ2) is 3.87. The highest BCUT2D eigenvalue weighted by Crippen LogP contribution is 2.05. The summed E-state index contributed by atoms with van der Waals surface area (Å²) in [6.45, 7) is 2.85. The first kappa shape index (κ1) is 8.68. The number of nitrogens with one attached hydrogen (secondary N) is 1. The van der Waals surface area contributed by atoms with Crippen molar-refractivity contribution >= 4 is 5.82 Å². The number of hydrogen-bond donors (Lipinski definition) is 1. The van der Waals surface area contributed by atoms with Gasteiger partial charge in [0.05, 0.1) is 12.4 Å². The maximum Gasteiger partial charge on any atom is 0.173 e. The topological polar surface area (TPSA) is 55.6 Å². The molecule has 72 valence electrons. The van der Waals surface area contributed by atoms with Crippen LogP contribution in [0.5, 0.6) is 0 Å². The molecular formula is C9H11N5. The maximum absolute atomic E-state index is 4.33. The molecule has 2 heterocycles. The van der Waals surface area contributed by atoms with Crippen LogP contribution in [-0.4, -0.2) is 26.3 Å². The number of nitrogens with zero attached hydrogens (tertiary/aromatic N) is 4. The summed E-state index contributed by atoms with van der Waals surface area (Å²) in [5.41, 5.74) is 0. The van der Waals surface area contributed by atoms with Gasteiger partial charge in [-0.25, -0.2) is 9.67 Å². The molecule has 0 saturated carbocycles. The van der Waals surface area contributed by atoms with Crippen molar-refractivity contribution in [1.29, 1.82) is 0 Å². The minimum atomic E-state index is 0.716. The summed E-state index contributed by atoms with van der Waals surface area (Å²) in [4.78, 5) is 8.41. The second-order valence-corrected chi connectivity index (χ2v) is 2.74. The Morgan fingerprint density at radius 3 is 3.07 bits per heavy atom. The van der Waals surface area contributed by atoms with Gasteiger partial charge >= 0.3 is 0 Å². The lowest BCUT2D eigenvalue weighted by molar-refractivity contribution is 0.838. The zero-order valence-electron chi connectivity index (χ0n) is 7.88. The molecule has 0 unspecified atom stereocenters. The lowest BCUT2D eigenvalue weighted by Gasteiger charge is -2.03. The van der Waals surface area contributed by atoms with Crippen molar-refractivity contribution in [3.05, 3.63) is 30.9 Å². The standard InChI is InChI=1S/C9H11N5/c1-2-11-8-6-10-7-9(13-8)14-5-3-4-12-14/h3-7H,2H2,1H3,(H,11,13). The predicted molar refractivity (Wildman–Crippen MR) is 53.3 cm³/mol. The number of hydrogen-bond acceptors (Lipinski definition) is 4. The largest absolute Gasteiger partial charge is 0.369 e. The monoisotopic (exact) mass is 189 g/mol. The van der Waals surface area contributed by atoms with Gasteiger partial charge in [-0.2, -0.15) is 5.10 Å². The Morgan fingerprint density at radius 1 is 1.43 bits per heavy atom. The quantitative estimate of drug-likeness (QED) is 0.785. The molecule has 2 aromatic rings. The molecule has 5 heteroatoms. The third kappa shape index (κ3) is 1.71. The Hall–Kier alpha value is -1.91. The molecule has 14 heavy (non-hydrogen) atoms. The normalized spacial score (nSPS) is 10.1. The summed E-state index contributed by atoms with van der Waals surface area (Å²) < 4.78 is 1.67. The Labute approximate surface area is 81.8 Å². The minimum Gasteiger partial charge on any atom is -0.369 e. The molecule has 2 rings (SSSR count). The molecule has 0 aliphatic heterocycles. The van der Waals surface area contributed by atoms with Crippen molar-refractivity contribution < 1.29 is 0 Å². The van der Waals surface area contributed by atoms with Gasteiger partial charge in [0.15, 0.2) is 5.82 Å². The highest BCUT2D eigenvalue weighted by molar-refractivity contribution is 5.35. The fourth-order valence-corrected chi connectivity index (χ4v) is 1.14. The molecular weight excluding hydrogens is 178 g/mol. The van der Waals surface area contributed by atoms with Gasteiger partial charge < -0.3 is 5.32 Å². The van der Waals surface area contributed by atoms with Crippen molar-refractivity contribution in [3.8, 4) is 5.82 Å². The van der Waals surface area contributed by atoms with Crippen LogP contribution in [0.2, 0.25) is 0 Å². The van der Waals surface area contributed by atoms with Crippen molar-refractivity contribution in [1.82, 2.24) is 19.7 Å². The van der Waals surface area contributed by atoms with Gasteiger partial charge in [-0.15, -0.1) is 0 Å². The summed E-state index contributed by atoms with van der Waals surface area (Å²) in [6.07, 6.45) is 6.91. The predicted octanol–water partition coefficient (Wildman–Crippen LogP) is 1.09. The van der Waals surface area contributed by atoms with Crippen LogP contribution in [0.3, 0.4) is 0 Å². The highest BCUT2D eigenvalue weighted by atomic mass is 15.3. The lowest BCUT2D eigenvalue weighted by atomic mass is 10.6. The number of aromatic nitrogens is 4. The molecule has 0 amide bonds. The molecule has 0 aliphatic carbocycles. The molecule has 0 fully saturated rings. The van der Waals surface area contributed by atoms with E-state index in [2.05, 4.69) is 20.4 Å². The summed E-state index contributed by atoms with van der Waals surface area (Å²) in [5.74, 6) is 1.48. The third-order valence-corrected chi connectivity index (χ3v) is 1.72. The molecule has 5 nitrogen and oxygen atoms in total. The van der Waals surface area contributed by atoms with E-state index in [0.717, 1.165) is 12.4 Å². The van der Waals surface area contributed by atoms with E-state index in [-0.39, 0.29) is 0 Å². The van der Waals surface area contributed by atoms with E-state index in [0.29, 0.717) is 5.82 Å². The van der Waals surface area contributed by atoms with Crippen LogP contribution in [-0.2, 0) is 0 Å². The van der Waals surface area contributed by atoms with Crippen molar-refractivity contribution in [2.75, 3.05) is 11.9 Å². The van der Waals surface area contributed by atoms with Crippen LogP contribution < -0.4 is 5.32 Å². The molecule has 2 aromatic heterocycles. The van der Waals surface area contributed by atoms with Crippen LogP contribution in [0, 0.1) is 0 Å². The van der Waals surface area contributed by atoms with E-state index < -0.39 is 0 Å². The van der Waals surface area contributed by atoms with Crippen LogP contribution in [0.15, 0.2) is 30.9 Å². The third-order valence-electron chi connectivity index (χ3n) is 1.72. The van der Waals surface area contributed by atoms with Gasteiger partial charge in [0.25, 0.3) is 0 Å². The lowest BCUT2D eigenvalue weighted by Crippen LogP contribution is -2.04. The van der Waals surface area contributed by atoms with Gasteiger partial charge in [-0.1, -0.05) is 0 Å². The van der Waals surface area contributed by atoms with E-state index in [1.165, 1.54) is 0 Å². The highest BCUT2D eigenvalue weighted by Gasteiger charge is 1.99. The van der Waals surface area contributed by atoms with E-state index in [4.69, 9.17) is 0 Å². The molecule has 0 saturated heterocycles. The van der Waals surface area contributed by atoms with Gasteiger partial charge in [-0.3, -0.25) is 4.98 Å². The Bertz CT molecular complexity index is 395. The van der Waals surface area contributed by atoms with Crippen molar-refractivity contribution in [2.45, 2.75) is 6.92 Å². The molecule has 0 spiro atoms. The van der Waals surface area contributed by atoms with Gasteiger partial charge in [0, 0.05) is 18.9 Å². The van der Waals surface area contributed by atoms with Crippen LogP contribution in [0.4, 0.5) is 5.82 Å². The molecule has 0 bridgehead atoms.